The number of hydrogen-bond donors (Lipinski definition) is 1. The number of amides is 1. The van der Waals surface area contributed by atoms with Crippen molar-refractivity contribution in [2.45, 2.75) is 6.42 Å². The van der Waals surface area contributed by atoms with E-state index in [-0.39, 0.29) is 18.0 Å². The predicted octanol–water partition coefficient (Wildman–Crippen LogP) is 3.37. The van der Waals surface area contributed by atoms with Gasteiger partial charge in [0.05, 0.1) is 4.92 Å². The molecule has 5 nitrogen and oxygen atoms in total. The fourth-order valence-corrected chi connectivity index (χ4v) is 2.37. The average molecular weight is 280 g/mol. The van der Waals surface area contributed by atoms with Crippen molar-refractivity contribution < 1.29 is 9.72 Å². The number of carbonyl (C=O) groups excluding carboxylic acids is 1. The first-order valence-corrected chi connectivity index (χ1v) is 6.49. The van der Waals surface area contributed by atoms with Gasteiger partial charge in [0.25, 0.3) is 5.69 Å². The van der Waals surface area contributed by atoms with E-state index in [1.807, 2.05) is 30.3 Å². The highest BCUT2D eigenvalue weighted by atomic mass is 16.6. The molecule has 2 aromatic carbocycles. The maximum atomic E-state index is 11.8. The number of nitrogens with one attached hydrogen (secondary N) is 1. The van der Waals surface area contributed by atoms with Crippen LogP contribution in [0, 0.1) is 10.1 Å². The van der Waals surface area contributed by atoms with Crippen LogP contribution in [0.5, 0.6) is 0 Å². The van der Waals surface area contributed by atoms with Crippen LogP contribution < -0.4 is 5.32 Å². The lowest BCUT2D eigenvalue weighted by molar-refractivity contribution is -0.384. The van der Waals surface area contributed by atoms with Gasteiger partial charge < -0.3 is 5.32 Å². The summed E-state index contributed by atoms with van der Waals surface area (Å²) in [6.45, 7) is 0. The molecule has 0 aliphatic carbocycles. The van der Waals surface area contributed by atoms with Gasteiger partial charge in [0.1, 0.15) is 0 Å². The van der Waals surface area contributed by atoms with Crippen molar-refractivity contribution >= 4 is 22.9 Å². The van der Waals surface area contributed by atoms with Crippen LogP contribution in [0.2, 0.25) is 0 Å². The molecule has 104 valence electrons. The molecule has 1 aliphatic rings. The predicted molar refractivity (Wildman–Crippen MR) is 79.9 cm³/mol. The Morgan fingerprint density at radius 2 is 1.86 bits per heavy atom. The molecule has 0 bridgehead atoms. The number of nitro benzene ring substituents is 1. The van der Waals surface area contributed by atoms with E-state index in [1.165, 1.54) is 12.1 Å². The fraction of sp³-hybridized carbons (Fsp3) is 0.0625. The summed E-state index contributed by atoms with van der Waals surface area (Å²) in [5, 5.41) is 13.8. The third-order valence-electron chi connectivity index (χ3n) is 3.35. The highest BCUT2D eigenvalue weighted by Crippen LogP contribution is 2.34. The second kappa shape index (κ2) is 5.20. The van der Waals surface area contributed by atoms with Gasteiger partial charge in [0, 0.05) is 29.8 Å². The summed E-state index contributed by atoms with van der Waals surface area (Å²) >= 11 is 0. The molecule has 1 amide bonds. The van der Waals surface area contributed by atoms with Crippen LogP contribution in [0.3, 0.4) is 0 Å². The molecule has 1 heterocycles. The minimum Gasteiger partial charge on any atom is -0.325 e. The third kappa shape index (κ3) is 2.53. The van der Waals surface area contributed by atoms with Gasteiger partial charge in [0.15, 0.2) is 0 Å². The number of carbonyl (C=O) groups is 1. The Hall–Kier alpha value is -2.95. The summed E-state index contributed by atoms with van der Waals surface area (Å²) in [6, 6.07) is 14.0. The summed E-state index contributed by atoms with van der Waals surface area (Å²) in [5.74, 6) is -0.129. The molecule has 3 rings (SSSR count). The van der Waals surface area contributed by atoms with Gasteiger partial charge in [-0.25, -0.2) is 0 Å². The molecule has 5 heteroatoms. The Balaban J connectivity index is 2.20. The monoisotopic (exact) mass is 280 g/mol. The highest BCUT2D eigenvalue weighted by Gasteiger charge is 2.19. The number of nitro groups is 1. The molecule has 0 atom stereocenters. The van der Waals surface area contributed by atoms with Crippen LogP contribution in [0.15, 0.2) is 54.6 Å². The van der Waals surface area contributed by atoms with Crippen LogP contribution in [0.4, 0.5) is 11.4 Å². The summed E-state index contributed by atoms with van der Waals surface area (Å²) in [7, 11) is 0. The maximum absolute atomic E-state index is 11.8. The lowest BCUT2D eigenvalue weighted by atomic mass is 9.96. The van der Waals surface area contributed by atoms with Crippen molar-refractivity contribution in [3.63, 3.8) is 0 Å². The van der Waals surface area contributed by atoms with Crippen LogP contribution in [0.25, 0.3) is 5.57 Å². The van der Waals surface area contributed by atoms with E-state index >= 15 is 0 Å². The average Bonchev–Trinajstić information content (AvgIpc) is 2.65. The van der Waals surface area contributed by atoms with Crippen LogP contribution in [-0.4, -0.2) is 10.8 Å². The van der Waals surface area contributed by atoms with E-state index in [9.17, 15) is 14.9 Å². The number of benzene rings is 2. The van der Waals surface area contributed by atoms with E-state index in [0.717, 1.165) is 11.1 Å². The van der Waals surface area contributed by atoms with Gasteiger partial charge in [-0.05, 0) is 17.2 Å². The van der Waals surface area contributed by atoms with Crippen LogP contribution >= 0.6 is 0 Å². The van der Waals surface area contributed by atoms with Crippen molar-refractivity contribution in [1.29, 1.82) is 0 Å². The van der Waals surface area contributed by atoms with Crippen molar-refractivity contribution in [3.8, 4) is 0 Å². The summed E-state index contributed by atoms with van der Waals surface area (Å²) in [6.07, 6.45) is 2.05. The van der Waals surface area contributed by atoms with Gasteiger partial charge >= 0.3 is 0 Å². The first-order chi connectivity index (χ1) is 10.1. The minimum absolute atomic E-state index is 0.00623. The molecule has 21 heavy (non-hydrogen) atoms. The minimum atomic E-state index is -0.435. The number of rotatable bonds is 2. The molecule has 0 aromatic heterocycles. The second-order valence-corrected chi connectivity index (χ2v) is 4.72. The van der Waals surface area contributed by atoms with Gasteiger partial charge in [0.2, 0.25) is 5.91 Å². The molecule has 0 fully saturated rings. The Kier molecular flexibility index (Phi) is 3.23. The van der Waals surface area contributed by atoms with Gasteiger partial charge in [-0.15, -0.1) is 0 Å². The zero-order valence-corrected chi connectivity index (χ0v) is 11.1. The summed E-state index contributed by atoms with van der Waals surface area (Å²) in [5.41, 5.74) is 3.02. The van der Waals surface area contributed by atoms with E-state index in [2.05, 4.69) is 5.32 Å². The number of nitrogens with zero attached hydrogens (tertiary/aromatic N) is 1. The zero-order chi connectivity index (χ0) is 14.8. The molecule has 0 spiro atoms. The van der Waals surface area contributed by atoms with E-state index < -0.39 is 4.92 Å². The van der Waals surface area contributed by atoms with E-state index in [4.69, 9.17) is 0 Å². The Morgan fingerprint density at radius 3 is 2.57 bits per heavy atom. The molecule has 2 aromatic rings. The van der Waals surface area contributed by atoms with Gasteiger partial charge in [-0.3, -0.25) is 14.9 Å². The first-order valence-electron chi connectivity index (χ1n) is 6.49. The topological polar surface area (TPSA) is 72.2 Å². The van der Waals surface area contributed by atoms with E-state index in [1.54, 1.807) is 12.1 Å². The molecule has 0 radical (unpaired) electrons. The number of fused-ring (bicyclic) bond motifs is 1. The normalized spacial score (nSPS) is 13.7. The maximum Gasteiger partial charge on any atom is 0.270 e. The Bertz CT molecular complexity index is 751. The Morgan fingerprint density at radius 1 is 1.10 bits per heavy atom. The largest absolute Gasteiger partial charge is 0.325 e. The summed E-state index contributed by atoms with van der Waals surface area (Å²) in [4.78, 5) is 22.3. The highest BCUT2D eigenvalue weighted by molar-refractivity contribution is 6.01. The molecule has 1 aliphatic heterocycles. The number of hydrogen-bond acceptors (Lipinski definition) is 3. The zero-order valence-electron chi connectivity index (χ0n) is 11.1. The standard InChI is InChI=1S/C16H12N2O3/c19-16-9-7-13(11-4-2-1-3-5-11)14-10-12(18(20)21)6-8-15(14)17-16/h1-8,10H,9H2,(H,17,19). The van der Waals surface area contributed by atoms with Crippen molar-refractivity contribution in [1.82, 2.24) is 0 Å². The van der Waals surface area contributed by atoms with E-state index in [0.29, 0.717) is 11.3 Å². The smallest absolute Gasteiger partial charge is 0.270 e. The molecular weight excluding hydrogens is 268 g/mol. The first kappa shape index (κ1) is 13.1. The third-order valence-corrected chi connectivity index (χ3v) is 3.35. The SMILES string of the molecule is O=C1CC=C(c2ccccc2)c2cc([N+](=O)[O-])ccc2N1. The fourth-order valence-electron chi connectivity index (χ4n) is 2.37. The Labute approximate surface area is 121 Å². The van der Waals surface area contributed by atoms with Crippen molar-refractivity contribution in [3.05, 3.63) is 75.8 Å². The van der Waals surface area contributed by atoms with Crippen LogP contribution in [0.1, 0.15) is 17.5 Å². The van der Waals surface area contributed by atoms with Gasteiger partial charge in [-0.1, -0.05) is 36.4 Å². The molecule has 0 saturated carbocycles. The van der Waals surface area contributed by atoms with Crippen molar-refractivity contribution in [2.75, 3.05) is 5.32 Å². The second-order valence-electron chi connectivity index (χ2n) is 4.72. The number of anilines is 1. The quantitative estimate of drug-likeness (QED) is 0.677. The number of non-ortho nitro benzene ring substituents is 1. The molecule has 0 saturated heterocycles. The van der Waals surface area contributed by atoms with Crippen molar-refractivity contribution in [2.24, 2.45) is 0 Å². The summed E-state index contributed by atoms with van der Waals surface area (Å²) < 4.78 is 0. The lowest BCUT2D eigenvalue weighted by Crippen LogP contribution is -2.09. The molecular formula is C16H12N2O3. The van der Waals surface area contributed by atoms with Gasteiger partial charge in [-0.2, -0.15) is 0 Å². The molecule has 0 unspecified atom stereocenters. The lowest BCUT2D eigenvalue weighted by Gasteiger charge is -2.11. The molecule has 1 N–H and O–H groups in total. The van der Waals surface area contributed by atoms with Crippen LogP contribution in [-0.2, 0) is 4.79 Å².